The summed E-state index contributed by atoms with van der Waals surface area (Å²) in [7, 11) is 0. The van der Waals surface area contributed by atoms with Gasteiger partial charge in [-0.15, -0.1) is 11.6 Å². The maximum atomic E-state index is 6.28. The molecule has 0 saturated heterocycles. The van der Waals surface area contributed by atoms with Gasteiger partial charge in [-0.05, 0) is 12.3 Å². The lowest BCUT2D eigenvalue weighted by Crippen LogP contribution is -2.23. The number of hydrogen-bond donors (Lipinski definition) is 0. The van der Waals surface area contributed by atoms with Crippen molar-refractivity contribution in [2.24, 2.45) is 23.7 Å². The van der Waals surface area contributed by atoms with Crippen LogP contribution in [0.15, 0.2) is 20.1 Å². The van der Waals surface area contributed by atoms with Crippen molar-refractivity contribution in [3.63, 3.8) is 0 Å². The first-order valence-corrected chi connectivity index (χ1v) is 6.73. The van der Waals surface area contributed by atoms with E-state index in [4.69, 9.17) is 58.0 Å². The van der Waals surface area contributed by atoms with Gasteiger partial charge >= 0.3 is 0 Å². The van der Waals surface area contributed by atoms with E-state index < -0.39 is 0 Å². The van der Waals surface area contributed by atoms with Gasteiger partial charge in [0, 0.05) is 43.3 Å². The van der Waals surface area contributed by atoms with Gasteiger partial charge in [0.05, 0.1) is 0 Å². The summed E-state index contributed by atoms with van der Waals surface area (Å²) in [5.74, 6) is 0.610. The van der Waals surface area contributed by atoms with E-state index >= 15 is 0 Å². The molecule has 0 N–H and O–H groups in total. The molecule has 0 aliphatic heterocycles. The third-order valence-corrected chi connectivity index (χ3v) is 6.18. The van der Waals surface area contributed by atoms with Crippen LogP contribution in [0, 0.1) is 23.7 Å². The van der Waals surface area contributed by atoms with Gasteiger partial charge in [0.25, 0.3) is 0 Å². The van der Waals surface area contributed by atoms with E-state index in [1.165, 1.54) is 0 Å². The molecular weight excluding hydrogens is 297 g/mol. The molecule has 1 fully saturated rings. The van der Waals surface area contributed by atoms with Crippen LogP contribution in [0.4, 0.5) is 0 Å². The molecule has 82 valence electrons. The molecule has 0 aromatic rings. The average Bonchev–Trinajstić information content (AvgIpc) is 2.57. The summed E-state index contributed by atoms with van der Waals surface area (Å²) < 4.78 is 0. The number of alkyl halides is 1. The summed E-state index contributed by atoms with van der Waals surface area (Å²) in [6.07, 6.45) is 0.889. The van der Waals surface area contributed by atoms with Crippen LogP contribution in [0.2, 0.25) is 0 Å². The first kappa shape index (κ1) is 11.0. The largest absolute Gasteiger partial charge is 0.122 e. The third-order valence-electron chi connectivity index (χ3n) is 3.75. The Kier molecular flexibility index (Phi) is 2.55. The van der Waals surface area contributed by atoms with Crippen LogP contribution < -0.4 is 0 Å². The van der Waals surface area contributed by atoms with Gasteiger partial charge in [-0.2, -0.15) is 0 Å². The molecule has 0 spiro atoms. The zero-order valence-corrected chi connectivity index (χ0v) is 11.3. The highest BCUT2D eigenvalue weighted by molar-refractivity contribution is 6.45. The predicted molar refractivity (Wildman–Crippen MR) is 65.7 cm³/mol. The Labute approximate surface area is 113 Å². The van der Waals surface area contributed by atoms with Gasteiger partial charge in [0.15, 0.2) is 0 Å². The normalized spacial score (nSPS) is 48.2. The standard InChI is InChI=1S/C10H7Cl5/c11-3-1-2-4-6(3)10(15)9(14)5(2)8(13)7(4)12/h2-6H,1H2. The van der Waals surface area contributed by atoms with Crippen LogP contribution in [-0.4, -0.2) is 5.38 Å². The molecule has 15 heavy (non-hydrogen) atoms. The van der Waals surface area contributed by atoms with Crippen LogP contribution in [0.25, 0.3) is 0 Å². The summed E-state index contributed by atoms with van der Waals surface area (Å²) in [6.45, 7) is 0. The van der Waals surface area contributed by atoms with Crippen molar-refractivity contribution in [2.45, 2.75) is 11.8 Å². The van der Waals surface area contributed by atoms with Crippen molar-refractivity contribution in [3.8, 4) is 0 Å². The van der Waals surface area contributed by atoms with Gasteiger partial charge in [-0.3, -0.25) is 0 Å². The van der Waals surface area contributed by atoms with E-state index in [1.807, 2.05) is 0 Å². The maximum absolute atomic E-state index is 6.28. The first-order chi connectivity index (χ1) is 7.04. The number of allylic oxidation sites excluding steroid dienone is 4. The van der Waals surface area contributed by atoms with Gasteiger partial charge in [-0.25, -0.2) is 0 Å². The minimum atomic E-state index is -0.00154. The molecule has 1 saturated carbocycles. The summed E-state index contributed by atoms with van der Waals surface area (Å²) in [6, 6.07) is 0. The lowest BCUT2D eigenvalue weighted by molar-refractivity contribution is 0.369. The molecule has 0 aromatic carbocycles. The Balaban J connectivity index is 2.20. The molecule has 0 nitrogen and oxygen atoms in total. The molecule has 0 amide bonds. The smallest absolute Gasteiger partial charge is 0.0423 e. The van der Waals surface area contributed by atoms with Crippen molar-refractivity contribution >= 4 is 58.0 Å². The Bertz CT molecular complexity index is 397. The second-order valence-corrected chi connectivity index (χ2v) is 6.53. The van der Waals surface area contributed by atoms with Gasteiger partial charge in [0.1, 0.15) is 0 Å². The summed E-state index contributed by atoms with van der Waals surface area (Å²) in [5.41, 5.74) is 0. The average molecular weight is 304 g/mol. The maximum Gasteiger partial charge on any atom is 0.0423 e. The Hall–Kier alpha value is 0.930. The quantitative estimate of drug-likeness (QED) is 0.560. The molecule has 3 aliphatic carbocycles. The van der Waals surface area contributed by atoms with Crippen molar-refractivity contribution in [3.05, 3.63) is 20.1 Å². The van der Waals surface area contributed by atoms with Crippen molar-refractivity contribution in [1.82, 2.24) is 0 Å². The molecule has 5 heteroatoms. The third kappa shape index (κ3) is 1.24. The van der Waals surface area contributed by atoms with Crippen molar-refractivity contribution < 1.29 is 0 Å². The second-order valence-electron chi connectivity index (χ2n) is 4.34. The van der Waals surface area contributed by atoms with Crippen molar-refractivity contribution in [1.29, 1.82) is 0 Å². The highest BCUT2D eigenvalue weighted by atomic mass is 35.5. The highest BCUT2D eigenvalue weighted by Gasteiger charge is 2.58. The lowest BCUT2D eigenvalue weighted by Gasteiger charge is -2.28. The van der Waals surface area contributed by atoms with Crippen LogP contribution in [0.1, 0.15) is 6.42 Å². The Morgan fingerprint density at radius 3 is 1.93 bits per heavy atom. The zero-order valence-electron chi connectivity index (χ0n) is 7.48. The van der Waals surface area contributed by atoms with Crippen LogP contribution in [0.3, 0.4) is 0 Å². The molecule has 0 aromatic heterocycles. The number of rotatable bonds is 0. The van der Waals surface area contributed by atoms with Gasteiger partial charge in [0.2, 0.25) is 0 Å². The van der Waals surface area contributed by atoms with E-state index in [1.54, 1.807) is 0 Å². The minimum Gasteiger partial charge on any atom is -0.122 e. The van der Waals surface area contributed by atoms with Gasteiger partial charge in [-0.1, -0.05) is 46.4 Å². The molecule has 0 heterocycles. The van der Waals surface area contributed by atoms with Gasteiger partial charge < -0.3 is 0 Å². The fourth-order valence-corrected chi connectivity index (χ4v) is 5.38. The topological polar surface area (TPSA) is 0 Å². The van der Waals surface area contributed by atoms with Crippen LogP contribution in [0.5, 0.6) is 0 Å². The molecule has 0 radical (unpaired) electrons. The monoisotopic (exact) mass is 302 g/mol. The summed E-state index contributed by atoms with van der Waals surface area (Å²) in [4.78, 5) is 0. The predicted octanol–water partition coefficient (Wildman–Crippen LogP) is 4.87. The number of halogens is 5. The lowest BCUT2D eigenvalue weighted by atomic mass is 9.82. The van der Waals surface area contributed by atoms with E-state index in [-0.39, 0.29) is 23.1 Å². The van der Waals surface area contributed by atoms with E-state index in [0.29, 0.717) is 26.0 Å². The zero-order chi connectivity index (χ0) is 10.9. The molecule has 5 unspecified atom stereocenters. The number of hydrogen-bond acceptors (Lipinski definition) is 0. The van der Waals surface area contributed by atoms with Crippen LogP contribution in [-0.2, 0) is 0 Å². The van der Waals surface area contributed by atoms with E-state index in [9.17, 15) is 0 Å². The summed E-state index contributed by atoms with van der Waals surface area (Å²) >= 11 is 31.2. The summed E-state index contributed by atoms with van der Waals surface area (Å²) in [5, 5.41) is 2.72. The second kappa shape index (κ2) is 3.46. The van der Waals surface area contributed by atoms with E-state index in [0.717, 1.165) is 6.42 Å². The molecule has 3 rings (SSSR count). The molecular formula is C10H7Cl5. The SMILES string of the molecule is ClC1=C(Cl)C2C(Cl)CC3C1C(Cl)=C(Cl)C32. The Morgan fingerprint density at radius 2 is 1.33 bits per heavy atom. The fraction of sp³-hybridized carbons (Fsp3) is 0.600. The fourth-order valence-electron chi connectivity index (χ4n) is 3.15. The van der Waals surface area contributed by atoms with Crippen LogP contribution >= 0.6 is 58.0 Å². The molecule has 5 atom stereocenters. The molecule has 3 aliphatic rings. The van der Waals surface area contributed by atoms with Crippen molar-refractivity contribution in [2.75, 3.05) is 0 Å². The first-order valence-electron chi connectivity index (χ1n) is 4.78. The Morgan fingerprint density at radius 1 is 0.800 bits per heavy atom. The molecule has 4 bridgehead atoms. The van der Waals surface area contributed by atoms with E-state index in [2.05, 4.69) is 0 Å². The highest BCUT2D eigenvalue weighted by Crippen LogP contribution is 2.65. The minimum absolute atomic E-state index is 0.00154.